The van der Waals surface area contributed by atoms with Gasteiger partial charge in [-0.25, -0.2) is 4.79 Å². The van der Waals surface area contributed by atoms with Crippen LogP contribution in [0.15, 0.2) is 24.3 Å². The van der Waals surface area contributed by atoms with Crippen molar-refractivity contribution in [3.63, 3.8) is 0 Å². The zero-order valence-corrected chi connectivity index (χ0v) is 13.4. The van der Waals surface area contributed by atoms with Gasteiger partial charge < -0.3 is 19.9 Å². The Balaban J connectivity index is 1.76. The molecule has 2 rings (SSSR count). The van der Waals surface area contributed by atoms with Crippen LogP contribution in [0.5, 0.6) is 0 Å². The number of ether oxygens (including phenoxy) is 2. The summed E-state index contributed by atoms with van der Waals surface area (Å²) < 4.78 is 10.8. The molecule has 1 amide bonds. The molecule has 1 aromatic rings. The fourth-order valence-corrected chi connectivity index (χ4v) is 2.46. The van der Waals surface area contributed by atoms with Gasteiger partial charge in [0.05, 0.1) is 19.3 Å². The number of rotatable bonds is 8. The molecule has 126 valence electrons. The molecule has 1 aliphatic rings. The van der Waals surface area contributed by atoms with Crippen LogP contribution in [0.2, 0.25) is 5.02 Å². The molecular formula is C16H20ClNO5. The van der Waals surface area contributed by atoms with Gasteiger partial charge in [-0.05, 0) is 30.5 Å². The topological polar surface area (TPSA) is 84.9 Å². The summed E-state index contributed by atoms with van der Waals surface area (Å²) in [6.45, 7) is 1.46. The molecule has 23 heavy (non-hydrogen) atoms. The maximum Gasteiger partial charge on any atom is 0.330 e. The molecule has 0 bridgehead atoms. The van der Waals surface area contributed by atoms with E-state index in [4.69, 9.17) is 21.1 Å². The number of carbonyl (C=O) groups excluding carboxylic acids is 1. The molecule has 7 heteroatoms. The Kier molecular flexibility index (Phi) is 6.83. The van der Waals surface area contributed by atoms with Gasteiger partial charge >= 0.3 is 5.97 Å². The lowest BCUT2D eigenvalue weighted by atomic mass is 10.1. The SMILES string of the molecule is O=C(CCOCC1CCCO1)NC(C(=O)O)c1ccc(Cl)cc1. The smallest absolute Gasteiger partial charge is 0.330 e. The summed E-state index contributed by atoms with van der Waals surface area (Å²) in [5.41, 5.74) is 0.468. The second-order valence-corrected chi connectivity index (χ2v) is 5.79. The fraction of sp³-hybridized carbons (Fsp3) is 0.500. The van der Waals surface area contributed by atoms with E-state index in [9.17, 15) is 14.7 Å². The van der Waals surface area contributed by atoms with Gasteiger partial charge in [-0.1, -0.05) is 23.7 Å². The average Bonchev–Trinajstić information content (AvgIpc) is 3.03. The summed E-state index contributed by atoms with van der Waals surface area (Å²) in [7, 11) is 0. The third-order valence-corrected chi connectivity index (χ3v) is 3.81. The summed E-state index contributed by atoms with van der Waals surface area (Å²) in [5.74, 6) is -1.50. The molecule has 2 unspecified atom stereocenters. The first-order valence-corrected chi connectivity index (χ1v) is 7.91. The van der Waals surface area contributed by atoms with Crippen molar-refractivity contribution in [2.24, 2.45) is 0 Å². The van der Waals surface area contributed by atoms with E-state index in [0.29, 0.717) is 17.2 Å². The van der Waals surface area contributed by atoms with E-state index < -0.39 is 12.0 Å². The largest absolute Gasteiger partial charge is 0.479 e. The van der Waals surface area contributed by atoms with Gasteiger partial charge in [-0.2, -0.15) is 0 Å². The van der Waals surface area contributed by atoms with E-state index in [1.165, 1.54) is 0 Å². The monoisotopic (exact) mass is 341 g/mol. The van der Waals surface area contributed by atoms with Crippen LogP contribution >= 0.6 is 11.6 Å². The molecule has 2 N–H and O–H groups in total. The van der Waals surface area contributed by atoms with Crippen molar-refractivity contribution in [3.05, 3.63) is 34.9 Å². The van der Waals surface area contributed by atoms with Gasteiger partial charge in [0.25, 0.3) is 0 Å². The highest BCUT2D eigenvalue weighted by Crippen LogP contribution is 2.17. The molecular weight excluding hydrogens is 322 g/mol. The number of halogens is 1. The average molecular weight is 342 g/mol. The minimum Gasteiger partial charge on any atom is -0.479 e. The third kappa shape index (κ3) is 5.82. The molecule has 0 saturated carbocycles. The maximum absolute atomic E-state index is 11.9. The highest BCUT2D eigenvalue weighted by molar-refractivity contribution is 6.30. The van der Waals surface area contributed by atoms with Crippen LogP contribution in [-0.4, -0.2) is 42.9 Å². The zero-order valence-electron chi connectivity index (χ0n) is 12.7. The Morgan fingerprint density at radius 3 is 2.74 bits per heavy atom. The number of carboxylic acid groups (broad SMARTS) is 1. The molecule has 6 nitrogen and oxygen atoms in total. The fourth-order valence-electron chi connectivity index (χ4n) is 2.33. The molecule has 0 radical (unpaired) electrons. The predicted molar refractivity (Wildman–Crippen MR) is 84.4 cm³/mol. The molecule has 1 heterocycles. The van der Waals surface area contributed by atoms with E-state index >= 15 is 0 Å². The van der Waals surface area contributed by atoms with Crippen LogP contribution < -0.4 is 5.32 Å². The van der Waals surface area contributed by atoms with Gasteiger partial charge in [-0.3, -0.25) is 4.79 Å². The quantitative estimate of drug-likeness (QED) is 0.708. The number of carboxylic acids is 1. The Hall–Kier alpha value is -1.63. The normalized spacial score (nSPS) is 18.6. The van der Waals surface area contributed by atoms with Crippen molar-refractivity contribution in [2.75, 3.05) is 19.8 Å². The molecule has 0 aromatic heterocycles. The Morgan fingerprint density at radius 1 is 1.39 bits per heavy atom. The van der Waals surface area contributed by atoms with Gasteiger partial charge in [0.1, 0.15) is 0 Å². The molecule has 2 atom stereocenters. The van der Waals surface area contributed by atoms with Crippen molar-refractivity contribution < 1.29 is 24.2 Å². The third-order valence-electron chi connectivity index (χ3n) is 3.56. The lowest BCUT2D eigenvalue weighted by Gasteiger charge is -2.15. The molecule has 1 saturated heterocycles. The van der Waals surface area contributed by atoms with E-state index in [1.54, 1.807) is 24.3 Å². The van der Waals surface area contributed by atoms with E-state index in [2.05, 4.69) is 5.32 Å². The number of benzene rings is 1. The van der Waals surface area contributed by atoms with Crippen molar-refractivity contribution in [1.29, 1.82) is 0 Å². The lowest BCUT2D eigenvalue weighted by Crippen LogP contribution is -2.34. The number of aliphatic carboxylic acids is 1. The second kappa shape index (κ2) is 8.86. The van der Waals surface area contributed by atoms with Crippen LogP contribution in [0.3, 0.4) is 0 Å². The minimum atomic E-state index is -1.12. The first kappa shape index (κ1) is 17.7. The molecule has 0 aliphatic carbocycles. The van der Waals surface area contributed by atoms with Crippen LogP contribution in [-0.2, 0) is 19.1 Å². The Bertz CT molecular complexity index is 528. The van der Waals surface area contributed by atoms with Crippen molar-refractivity contribution in [1.82, 2.24) is 5.32 Å². The van der Waals surface area contributed by atoms with Gasteiger partial charge in [0, 0.05) is 18.1 Å². The zero-order chi connectivity index (χ0) is 16.7. The summed E-state index contributed by atoms with van der Waals surface area (Å²) in [6.07, 6.45) is 2.23. The number of nitrogens with one attached hydrogen (secondary N) is 1. The number of hydrogen-bond acceptors (Lipinski definition) is 4. The predicted octanol–water partition coefficient (Wildman–Crippen LogP) is 2.17. The van der Waals surface area contributed by atoms with E-state index in [0.717, 1.165) is 19.4 Å². The molecule has 1 aromatic carbocycles. The number of carbonyl (C=O) groups is 2. The van der Waals surface area contributed by atoms with Crippen LogP contribution in [0, 0.1) is 0 Å². The maximum atomic E-state index is 11.9. The van der Waals surface area contributed by atoms with E-state index in [-0.39, 0.29) is 25.0 Å². The lowest BCUT2D eigenvalue weighted by molar-refractivity contribution is -0.142. The first-order chi connectivity index (χ1) is 11.1. The number of hydrogen-bond donors (Lipinski definition) is 2. The van der Waals surface area contributed by atoms with Crippen molar-refractivity contribution in [3.8, 4) is 0 Å². The number of amides is 1. The summed E-state index contributed by atoms with van der Waals surface area (Å²) >= 11 is 5.78. The van der Waals surface area contributed by atoms with Crippen molar-refractivity contribution >= 4 is 23.5 Å². The van der Waals surface area contributed by atoms with Crippen LogP contribution in [0.25, 0.3) is 0 Å². The summed E-state index contributed by atoms with van der Waals surface area (Å²) in [5, 5.41) is 12.3. The molecule has 1 aliphatic heterocycles. The Morgan fingerprint density at radius 2 is 2.13 bits per heavy atom. The standard InChI is InChI=1S/C16H20ClNO5/c17-12-5-3-11(4-6-12)15(16(20)21)18-14(19)7-9-22-10-13-2-1-8-23-13/h3-6,13,15H,1-2,7-10H2,(H,18,19)(H,20,21). The highest BCUT2D eigenvalue weighted by Gasteiger charge is 2.22. The van der Waals surface area contributed by atoms with Crippen LogP contribution in [0.4, 0.5) is 0 Å². The van der Waals surface area contributed by atoms with Crippen LogP contribution in [0.1, 0.15) is 30.9 Å². The van der Waals surface area contributed by atoms with E-state index in [1.807, 2.05) is 0 Å². The second-order valence-electron chi connectivity index (χ2n) is 5.35. The molecule has 1 fully saturated rings. The summed E-state index contributed by atoms with van der Waals surface area (Å²) in [6, 6.07) is 5.23. The van der Waals surface area contributed by atoms with Crippen molar-refractivity contribution in [2.45, 2.75) is 31.4 Å². The highest BCUT2D eigenvalue weighted by atomic mass is 35.5. The van der Waals surface area contributed by atoms with Gasteiger partial charge in [0.15, 0.2) is 6.04 Å². The van der Waals surface area contributed by atoms with Gasteiger partial charge in [-0.15, -0.1) is 0 Å². The molecule has 0 spiro atoms. The minimum absolute atomic E-state index is 0.101. The Labute approximate surface area is 139 Å². The first-order valence-electron chi connectivity index (χ1n) is 7.53. The van der Waals surface area contributed by atoms with Gasteiger partial charge in [0.2, 0.25) is 5.91 Å². The summed E-state index contributed by atoms with van der Waals surface area (Å²) in [4.78, 5) is 23.2.